The molecular formula is C36H66FeP2. The summed E-state index contributed by atoms with van der Waals surface area (Å²) in [6.45, 7) is 0. The Morgan fingerprint density at radius 2 is 0.333 bits per heavy atom. The van der Waals surface area contributed by atoms with Crippen LogP contribution < -0.4 is 0 Å². The molecule has 0 aromatic carbocycles. The maximum absolute atomic E-state index is 1.61. The molecule has 0 aromatic rings. The van der Waals surface area contributed by atoms with Gasteiger partial charge in [-0.3, -0.25) is 0 Å². The first-order valence-electron chi connectivity index (χ1n) is 18.4. The minimum atomic E-state index is 0. The summed E-state index contributed by atoms with van der Waals surface area (Å²) in [7, 11) is 0.770. The molecule has 228 valence electrons. The Hall–Kier alpha value is 1.38. The van der Waals surface area contributed by atoms with E-state index >= 15 is 0 Å². The summed E-state index contributed by atoms with van der Waals surface area (Å²) >= 11 is 0. The fraction of sp³-hybridized carbons (Fsp3) is 1.00. The Balaban J connectivity index is 0.000000176. The molecule has 3 heteroatoms. The fourth-order valence-electron chi connectivity index (χ4n) is 10.1. The normalized spacial score (nSPS) is 28.2. The summed E-state index contributed by atoms with van der Waals surface area (Å²) in [6.07, 6.45) is 47.2. The Morgan fingerprint density at radius 3 is 0.462 bits per heavy atom. The van der Waals surface area contributed by atoms with Gasteiger partial charge in [-0.2, -0.15) is 0 Å². The van der Waals surface area contributed by atoms with Crippen LogP contribution in [0, 0.1) is 0 Å². The van der Waals surface area contributed by atoms with Gasteiger partial charge in [-0.05, 0) is 111 Å². The van der Waals surface area contributed by atoms with E-state index in [1.54, 1.807) is 154 Å². The van der Waals surface area contributed by atoms with Gasteiger partial charge in [0.15, 0.2) is 0 Å². The number of hydrogen-bond acceptors (Lipinski definition) is 0. The van der Waals surface area contributed by atoms with Gasteiger partial charge in [0.25, 0.3) is 0 Å². The summed E-state index contributed by atoms with van der Waals surface area (Å²) in [5, 5.41) is 0. The Morgan fingerprint density at radius 1 is 0.205 bits per heavy atom. The van der Waals surface area contributed by atoms with Crippen LogP contribution in [0.15, 0.2) is 0 Å². The molecule has 0 amide bonds. The smallest absolute Gasteiger partial charge is 0 e. The van der Waals surface area contributed by atoms with Crippen LogP contribution in [-0.2, 0) is 17.1 Å². The van der Waals surface area contributed by atoms with E-state index in [1.807, 2.05) is 0 Å². The van der Waals surface area contributed by atoms with Crippen molar-refractivity contribution in [3.8, 4) is 0 Å². The van der Waals surface area contributed by atoms with Crippen LogP contribution in [-0.4, -0.2) is 34.0 Å². The first-order chi connectivity index (χ1) is 18.9. The summed E-state index contributed by atoms with van der Waals surface area (Å²) in [4.78, 5) is 0. The molecule has 0 nitrogen and oxygen atoms in total. The van der Waals surface area contributed by atoms with Crippen molar-refractivity contribution in [3.63, 3.8) is 0 Å². The average molecular weight is 617 g/mol. The van der Waals surface area contributed by atoms with E-state index in [0.717, 1.165) is 0 Å². The van der Waals surface area contributed by atoms with Gasteiger partial charge in [0.2, 0.25) is 0 Å². The average Bonchev–Trinajstić information content (AvgIpc) is 3.01. The fourth-order valence-corrected chi connectivity index (χ4v) is 19.4. The SMILES string of the molecule is C1CCC(P(C2CCCCC2)C2CCCCC2)CC1.C1CCC(P(C2CCCCC2)C2CCCCC2)CC1.[Fe]. The van der Waals surface area contributed by atoms with E-state index in [4.69, 9.17) is 0 Å². The van der Waals surface area contributed by atoms with Crippen molar-refractivity contribution in [1.82, 2.24) is 0 Å². The quantitative estimate of drug-likeness (QED) is 0.206. The maximum atomic E-state index is 1.61. The molecule has 6 saturated carbocycles. The molecule has 0 heterocycles. The molecule has 0 unspecified atom stereocenters. The topological polar surface area (TPSA) is 0 Å². The summed E-state index contributed by atoms with van der Waals surface area (Å²) < 4.78 is 0. The molecule has 6 aliphatic rings. The summed E-state index contributed by atoms with van der Waals surface area (Å²) in [5.74, 6) is 0. The van der Waals surface area contributed by atoms with Crippen LogP contribution in [0.2, 0.25) is 0 Å². The van der Waals surface area contributed by atoms with Crippen molar-refractivity contribution in [2.45, 2.75) is 227 Å². The van der Waals surface area contributed by atoms with Crippen molar-refractivity contribution in [2.24, 2.45) is 0 Å². The van der Waals surface area contributed by atoms with Gasteiger partial charge in [0, 0.05) is 17.1 Å². The van der Waals surface area contributed by atoms with E-state index in [-0.39, 0.29) is 17.1 Å². The first kappa shape index (κ1) is 33.3. The third-order valence-electron chi connectivity index (χ3n) is 12.0. The van der Waals surface area contributed by atoms with E-state index in [2.05, 4.69) is 0 Å². The van der Waals surface area contributed by atoms with Crippen LogP contribution in [0.4, 0.5) is 0 Å². The van der Waals surface area contributed by atoms with Crippen LogP contribution >= 0.6 is 15.8 Å². The second kappa shape index (κ2) is 18.9. The largest absolute Gasteiger partial charge is 0.0971 e. The number of hydrogen-bond donors (Lipinski definition) is 0. The van der Waals surface area contributed by atoms with Crippen LogP contribution in [0.1, 0.15) is 193 Å². The molecule has 6 rings (SSSR count). The van der Waals surface area contributed by atoms with E-state index < -0.39 is 0 Å². The van der Waals surface area contributed by atoms with Gasteiger partial charge in [0.05, 0.1) is 0 Å². The minimum absolute atomic E-state index is 0. The molecule has 0 atom stereocenters. The van der Waals surface area contributed by atoms with Gasteiger partial charge in [-0.25, -0.2) is 0 Å². The molecule has 0 aliphatic heterocycles. The van der Waals surface area contributed by atoms with Crippen molar-refractivity contribution < 1.29 is 17.1 Å². The van der Waals surface area contributed by atoms with Crippen molar-refractivity contribution >= 4 is 15.8 Å². The standard InChI is InChI=1S/2C18H33P.Fe/c2*1-4-10-16(11-5-1)19(17-12-6-2-7-13-17)18-14-8-3-9-15-18;/h2*16-18H,1-15H2;. The molecule has 0 N–H and O–H groups in total. The van der Waals surface area contributed by atoms with E-state index in [0.29, 0.717) is 15.8 Å². The molecule has 6 aliphatic carbocycles. The monoisotopic (exact) mass is 616 g/mol. The molecule has 39 heavy (non-hydrogen) atoms. The van der Waals surface area contributed by atoms with Gasteiger partial charge < -0.3 is 0 Å². The molecule has 0 spiro atoms. The molecule has 0 bridgehead atoms. The predicted molar refractivity (Wildman–Crippen MR) is 175 cm³/mol. The Bertz CT molecular complexity index is 464. The van der Waals surface area contributed by atoms with Gasteiger partial charge in [0.1, 0.15) is 0 Å². The van der Waals surface area contributed by atoms with Crippen molar-refractivity contribution in [1.29, 1.82) is 0 Å². The molecule has 0 aromatic heterocycles. The maximum Gasteiger partial charge on any atom is 0 e. The van der Waals surface area contributed by atoms with Crippen LogP contribution in [0.3, 0.4) is 0 Å². The summed E-state index contributed by atoms with van der Waals surface area (Å²) in [6, 6.07) is 0. The first-order valence-corrected chi connectivity index (χ1v) is 21.5. The van der Waals surface area contributed by atoms with Gasteiger partial charge >= 0.3 is 0 Å². The molecule has 6 fully saturated rings. The zero-order chi connectivity index (χ0) is 25.8. The van der Waals surface area contributed by atoms with Crippen LogP contribution in [0.25, 0.3) is 0 Å². The Labute approximate surface area is 258 Å². The predicted octanol–water partition coefficient (Wildman–Crippen LogP) is 12.9. The molecular weight excluding hydrogens is 550 g/mol. The minimum Gasteiger partial charge on any atom is -0.0971 e. The van der Waals surface area contributed by atoms with E-state index in [1.165, 1.54) is 72.5 Å². The second-order valence-electron chi connectivity index (χ2n) is 14.6. The van der Waals surface area contributed by atoms with E-state index in [9.17, 15) is 0 Å². The Kier molecular flexibility index (Phi) is 16.1. The zero-order valence-corrected chi connectivity index (χ0v) is 28.8. The van der Waals surface area contributed by atoms with Gasteiger partial charge in [-0.1, -0.05) is 131 Å². The third-order valence-corrected chi connectivity index (χ3v) is 20.1. The van der Waals surface area contributed by atoms with Gasteiger partial charge in [-0.15, -0.1) is 0 Å². The number of rotatable bonds is 6. The zero-order valence-electron chi connectivity index (χ0n) is 25.9. The second-order valence-corrected chi connectivity index (χ2v) is 20.8. The van der Waals surface area contributed by atoms with Crippen LogP contribution in [0.5, 0.6) is 0 Å². The third kappa shape index (κ3) is 10.2. The molecule has 0 saturated heterocycles. The van der Waals surface area contributed by atoms with Crippen molar-refractivity contribution in [3.05, 3.63) is 0 Å². The summed E-state index contributed by atoms with van der Waals surface area (Å²) in [5.41, 5.74) is 7.14. The molecule has 0 radical (unpaired) electrons. The van der Waals surface area contributed by atoms with Crippen molar-refractivity contribution in [2.75, 3.05) is 0 Å².